The lowest BCUT2D eigenvalue weighted by Crippen LogP contribution is -2.55. The number of hydrogen-bond donors (Lipinski definition) is 1. The Hall–Kier alpha value is -1.06. The molecule has 0 aromatic heterocycles. The van der Waals surface area contributed by atoms with Crippen molar-refractivity contribution in [1.82, 2.24) is 10.2 Å². The van der Waals surface area contributed by atoms with Crippen LogP contribution in [0.3, 0.4) is 0 Å². The van der Waals surface area contributed by atoms with Crippen molar-refractivity contribution in [3.8, 4) is 0 Å². The lowest BCUT2D eigenvalue weighted by molar-refractivity contribution is -0.148. The highest BCUT2D eigenvalue weighted by Crippen LogP contribution is 2.60. The Bertz CT molecular complexity index is 466. The minimum Gasteiger partial charge on any atom is -0.347 e. The van der Waals surface area contributed by atoms with Gasteiger partial charge >= 0.3 is 0 Å². The number of rotatable bonds is 3. The molecule has 5 rings (SSSR count). The molecule has 1 heterocycles. The molecule has 4 bridgehead atoms. The number of nitrogens with zero attached hydrogens (tertiary/aromatic N) is 1. The summed E-state index contributed by atoms with van der Waals surface area (Å²) in [5.41, 5.74) is -0.136. The van der Waals surface area contributed by atoms with E-state index in [-0.39, 0.29) is 23.8 Å². The van der Waals surface area contributed by atoms with Crippen molar-refractivity contribution in [2.75, 3.05) is 13.1 Å². The number of likely N-dealkylation sites (tertiary alicyclic amines) is 1. The third-order valence-corrected chi connectivity index (χ3v) is 7.04. The topological polar surface area (TPSA) is 49.4 Å². The van der Waals surface area contributed by atoms with Gasteiger partial charge in [-0.05, 0) is 82.5 Å². The second-order valence-electron chi connectivity index (χ2n) is 8.81. The van der Waals surface area contributed by atoms with Gasteiger partial charge in [0.15, 0.2) is 0 Å². The maximum absolute atomic E-state index is 12.9. The predicted octanol–water partition coefficient (Wildman–Crippen LogP) is 2.72. The van der Waals surface area contributed by atoms with Gasteiger partial charge in [-0.1, -0.05) is 0 Å². The number of amides is 2. The second kappa shape index (κ2) is 5.78. The van der Waals surface area contributed by atoms with E-state index in [0.717, 1.165) is 56.4 Å². The van der Waals surface area contributed by atoms with Gasteiger partial charge in [0, 0.05) is 18.0 Å². The zero-order chi connectivity index (χ0) is 16.0. The van der Waals surface area contributed by atoms with Crippen LogP contribution in [0, 0.1) is 23.2 Å². The standard InChI is InChI=1S/C19H30N2O2/c1-13-4-2-3-5-21(13)17(22)12-20-18(23)19-9-14-6-15(10-19)8-16(7-14)11-19/h13-16H,2-12H2,1H3,(H,20,23). The van der Waals surface area contributed by atoms with Gasteiger partial charge in [-0.25, -0.2) is 0 Å². The Morgan fingerprint density at radius 2 is 1.65 bits per heavy atom. The summed E-state index contributed by atoms with van der Waals surface area (Å²) in [6.45, 7) is 3.18. The number of piperidine rings is 1. The first-order chi connectivity index (χ1) is 11.1. The molecule has 23 heavy (non-hydrogen) atoms. The van der Waals surface area contributed by atoms with Crippen molar-refractivity contribution in [2.24, 2.45) is 23.2 Å². The molecule has 4 nitrogen and oxygen atoms in total. The fourth-order valence-corrected chi connectivity index (χ4v) is 6.30. The van der Waals surface area contributed by atoms with E-state index < -0.39 is 0 Å². The first-order valence-corrected chi connectivity index (χ1v) is 9.63. The van der Waals surface area contributed by atoms with Crippen molar-refractivity contribution in [3.05, 3.63) is 0 Å². The summed E-state index contributed by atoms with van der Waals surface area (Å²) in [6, 6.07) is 0.327. The molecule has 5 aliphatic rings. The molecular weight excluding hydrogens is 288 g/mol. The Morgan fingerprint density at radius 3 is 2.22 bits per heavy atom. The van der Waals surface area contributed by atoms with Gasteiger partial charge in [0.05, 0.1) is 6.54 Å². The largest absolute Gasteiger partial charge is 0.347 e. The second-order valence-corrected chi connectivity index (χ2v) is 8.81. The molecule has 0 radical (unpaired) electrons. The van der Waals surface area contributed by atoms with E-state index in [9.17, 15) is 9.59 Å². The predicted molar refractivity (Wildman–Crippen MR) is 88.6 cm³/mol. The minimum absolute atomic E-state index is 0.107. The van der Waals surface area contributed by atoms with Crippen LogP contribution >= 0.6 is 0 Å². The first kappa shape index (κ1) is 15.5. The monoisotopic (exact) mass is 318 g/mol. The van der Waals surface area contributed by atoms with Crippen molar-refractivity contribution < 1.29 is 9.59 Å². The quantitative estimate of drug-likeness (QED) is 0.870. The molecule has 4 aliphatic carbocycles. The third kappa shape index (κ3) is 2.78. The normalized spacial score (nSPS) is 41.9. The highest BCUT2D eigenvalue weighted by Gasteiger charge is 2.54. The Morgan fingerprint density at radius 1 is 1.04 bits per heavy atom. The van der Waals surface area contributed by atoms with E-state index in [1.807, 2.05) is 4.90 Å². The molecule has 0 spiro atoms. The molecule has 4 heteroatoms. The van der Waals surface area contributed by atoms with Crippen LogP contribution in [0.4, 0.5) is 0 Å². The Labute approximate surface area is 139 Å². The Balaban J connectivity index is 1.36. The first-order valence-electron chi connectivity index (χ1n) is 9.63. The van der Waals surface area contributed by atoms with Gasteiger partial charge in [0.25, 0.3) is 0 Å². The number of hydrogen-bond acceptors (Lipinski definition) is 2. The molecule has 2 amide bonds. The summed E-state index contributed by atoms with van der Waals surface area (Å²) in [5, 5.41) is 3.03. The highest BCUT2D eigenvalue weighted by atomic mass is 16.2. The molecule has 1 aliphatic heterocycles. The zero-order valence-corrected chi connectivity index (χ0v) is 14.4. The van der Waals surface area contributed by atoms with Crippen LogP contribution in [0.15, 0.2) is 0 Å². The molecular formula is C19H30N2O2. The van der Waals surface area contributed by atoms with E-state index in [4.69, 9.17) is 0 Å². The van der Waals surface area contributed by atoms with E-state index in [2.05, 4.69) is 12.2 Å². The molecule has 1 saturated heterocycles. The fraction of sp³-hybridized carbons (Fsp3) is 0.895. The molecule has 1 N–H and O–H groups in total. The lowest BCUT2D eigenvalue weighted by Gasteiger charge is -2.55. The van der Waals surface area contributed by atoms with Gasteiger partial charge in [-0.3, -0.25) is 9.59 Å². The molecule has 1 atom stereocenters. The maximum Gasteiger partial charge on any atom is 0.242 e. The smallest absolute Gasteiger partial charge is 0.242 e. The number of carbonyl (C=O) groups excluding carboxylic acids is 2. The van der Waals surface area contributed by atoms with Gasteiger partial charge in [0.1, 0.15) is 0 Å². The number of nitrogens with one attached hydrogen (secondary N) is 1. The molecule has 1 unspecified atom stereocenters. The lowest BCUT2D eigenvalue weighted by atomic mass is 9.49. The van der Waals surface area contributed by atoms with Crippen molar-refractivity contribution in [2.45, 2.75) is 70.8 Å². The van der Waals surface area contributed by atoms with Crippen LogP contribution in [0.25, 0.3) is 0 Å². The summed E-state index contributed by atoms with van der Waals surface area (Å²) in [4.78, 5) is 27.3. The fourth-order valence-electron chi connectivity index (χ4n) is 6.30. The van der Waals surface area contributed by atoms with Gasteiger partial charge < -0.3 is 10.2 Å². The maximum atomic E-state index is 12.9. The number of carbonyl (C=O) groups is 2. The average Bonchev–Trinajstić information content (AvgIpc) is 2.51. The van der Waals surface area contributed by atoms with Gasteiger partial charge in [-0.15, -0.1) is 0 Å². The van der Waals surface area contributed by atoms with Gasteiger partial charge in [0.2, 0.25) is 11.8 Å². The summed E-state index contributed by atoms with van der Waals surface area (Å²) in [5.74, 6) is 2.59. The molecule has 5 fully saturated rings. The van der Waals surface area contributed by atoms with Crippen LogP contribution in [-0.2, 0) is 9.59 Å². The highest BCUT2D eigenvalue weighted by molar-refractivity contribution is 5.88. The minimum atomic E-state index is -0.136. The summed E-state index contributed by atoms with van der Waals surface area (Å²) in [6.07, 6.45) is 10.6. The van der Waals surface area contributed by atoms with E-state index in [1.165, 1.54) is 25.7 Å². The van der Waals surface area contributed by atoms with Crippen LogP contribution in [-0.4, -0.2) is 35.8 Å². The van der Waals surface area contributed by atoms with Crippen LogP contribution in [0.5, 0.6) is 0 Å². The van der Waals surface area contributed by atoms with E-state index >= 15 is 0 Å². The molecule has 0 aromatic rings. The van der Waals surface area contributed by atoms with Crippen molar-refractivity contribution in [3.63, 3.8) is 0 Å². The van der Waals surface area contributed by atoms with Crippen LogP contribution in [0.2, 0.25) is 0 Å². The Kier molecular flexibility index (Phi) is 3.89. The van der Waals surface area contributed by atoms with E-state index in [0.29, 0.717) is 6.04 Å². The van der Waals surface area contributed by atoms with Crippen LogP contribution < -0.4 is 5.32 Å². The molecule has 0 aromatic carbocycles. The van der Waals surface area contributed by atoms with Crippen molar-refractivity contribution in [1.29, 1.82) is 0 Å². The van der Waals surface area contributed by atoms with Crippen molar-refractivity contribution >= 4 is 11.8 Å². The molecule has 128 valence electrons. The third-order valence-electron chi connectivity index (χ3n) is 7.04. The summed E-state index contributed by atoms with van der Waals surface area (Å²) in [7, 11) is 0. The zero-order valence-electron chi connectivity index (χ0n) is 14.4. The van der Waals surface area contributed by atoms with Crippen LogP contribution in [0.1, 0.15) is 64.7 Å². The average molecular weight is 318 g/mol. The summed E-state index contributed by atoms with van der Waals surface area (Å²) >= 11 is 0. The summed E-state index contributed by atoms with van der Waals surface area (Å²) < 4.78 is 0. The molecule has 4 saturated carbocycles. The van der Waals surface area contributed by atoms with Gasteiger partial charge in [-0.2, -0.15) is 0 Å². The van der Waals surface area contributed by atoms with E-state index in [1.54, 1.807) is 0 Å². The SMILES string of the molecule is CC1CCCCN1C(=O)CNC(=O)C12CC3CC(CC(C3)C1)C2.